The van der Waals surface area contributed by atoms with Gasteiger partial charge in [-0.25, -0.2) is 0 Å². The Kier molecular flexibility index (Phi) is 13.4. The second-order valence-electron chi connectivity index (χ2n) is 0.455. The average Bonchev–Trinajstić information content (AvgIpc) is 1.41. The molecule has 0 spiro atoms. The van der Waals surface area contributed by atoms with Crippen LogP contribution in [0.25, 0.3) is 0 Å². The van der Waals surface area contributed by atoms with Gasteiger partial charge in [0.25, 0.3) is 0 Å². The zero-order valence-electron chi connectivity index (χ0n) is 3.27. The number of carbonyl (C=O) groups excluding carboxylic acids is 1. The number of carbonyl (C=O) groups is 1. The lowest BCUT2D eigenvalue weighted by molar-refractivity contribution is -0.0979. The minimum atomic E-state index is -0.333. The first kappa shape index (κ1) is 8.87. The zero-order chi connectivity index (χ0) is 5.58. The van der Waals surface area contributed by atoms with Gasteiger partial charge in [-0.3, -0.25) is 5.41 Å². The molecule has 0 heterocycles. The van der Waals surface area contributed by atoms with Crippen molar-refractivity contribution in [1.82, 2.24) is 0 Å². The van der Waals surface area contributed by atoms with Crippen molar-refractivity contribution in [3.05, 3.63) is 0 Å². The Bertz CT molecular complexity index is 40.1. The van der Waals surface area contributed by atoms with Crippen molar-refractivity contribution in [2.24, 2.45) is 11.5 Å². The van der Waals surface area contributed by atoms with Crippen LogP contribution >= 0.6 is 0 Å². The number of nitrogens with one attached hydrogen (secondary N) is 1. The monoisotopic (exact) mass is 89.1 g/mol. The summed E-state index contributed by atoms with van der Waals surface area (Å²) in [6.07, 6.45) is 0. The summed E-state index contributed by atoms with van der Waals surface area (Å²) in [5.41, 5.74) is 8.94. The molecule has 0 aromatic rings. The molecule has 36 valence electrons. The predicted octanol–water partition coefficient (Wildman–Crippen LogP) is -1.35. The maximum Gasteiger partial charge on any atom is 0.183 e. The van der Waals surface area contributed by atoms with Crippen LogP contribution < -0.4 is 11.5 Å². The van der Waals surface area contributed by atoms with Gasteiger partial charge in [-0.1, -0.05) is 0 Å². The fourth-order valence-corrected chi connectivity index (χ4v) is 0. The standard InChI is InChI=1S/CH5N3.CH2O/c2-1(3)4;1-2/h(H5,2,3,4);1H2. The minimum Gasteiger partial charge on any atom is -0.370 e. The summed E-state index contributed by atoms with van der Waals surface area (Å²) in [7, 11) is 0. The maximum absolute atomic E-state index is 8.00. The van der Waals surface area contributed by atoms with Gasteiger partial charge in [0.1, 0.15) is 6.79 Å². The van der Waals surface area contributed by atoms with Crippen LogP contribution in [-0.4, -0.2) is 12.7 Å². The van der Waals surface area contributed by atoms with Crippen molar-refractivity contribution in [2.75, 3.05) is 0 Å². The smallest absolute Gasteiger partial charge is 0.183 e. The molecule has 0 radical (unpaired) electrons. The van der Waals surface area contributed by atoms with Gasteiger partial charge in [0.2, 0.25) is 0 Å². The molecule has 0 amide bonds. The second kappa shape index (κ2) is 9.05. The molecule has 0 aromatic heterocycles. The van der Waals surface area contributed by atoms with Crippen LogP contribution in [0.2, 0.25) is 0 Å². The second-order valence-corrected chi connectivity index (χ2v) is 0.455. The molecule has 0 saturated carbocycles. The highest BCUT2D eigenvalue weighted by Gasteiger charge is 1.52. The van der Waals surface area contributed by atoms with Crippen LogP contribution in [0.1, 0.15) is 0 Å². The number of hydrogen-bond donors (Lipinski definition) is 3. The molecule has 0 bridgehead atoms. The van der Waals surface area contributed by atoms with Gasteiger partial charge in [-0.2, -0.15) is 0 Å². The Morgan fingerprint density at radius 3 is 1.50 bits per heavy atom. The molecule has 0 aromatic carbocycles. The molecular formula is C2H7N3O. The highest BCUT2D eigenvalue weighted by Crippen LogP contribution is 1.13. The van der Waals surface area contributed by atoms with Gasteiger partial charge in [-0.15, -0.1) is 0 Å². The van der Waals surface area contributed by atoms with Gasteiger partial charge in [0, 0.05) is 0 Å². The van der Waals surface area contributed by atoms with Crippen molar-refractivity contribution in [1.29, 1.82) is 5.41 Å². The number of nitrogens with two attached hydrogens (primary N) is 2. The maximum atomic E-state index is 8.00. The van der Waals surface area contributed by atoms with Crippen molar-refractivity contribution >= 4 is 12.7 Å². The molecule has 0 atom stereocenters. The predicted molar refractivity (Wildman–Crippen MR) is 23.2 cm³/mol. The third-order valence-corrected chi connectivity index (χ3v) is 0. The zero-order valence-corrected chi connectivity index (χ0v) is 3.27. The van der Waals surface area contributed by atoms with Crippen LogP contribution in [0.15, 0.2) is 0 Å². The Hall–Kier alpha value is -1.06. The molecule has 6 heavy (non-hydrogen) atoms. The van der Waals surface area contributed by atoms with Crippen LogP contribution in [0.3, 0.4) is 0 Å². The van der Waals surface area contributed by atoms with E-state index in [1.165, 1.54) is 0 Å². The van der Waals surface area contributed by atoms with Crippen molar-refractivity contribution in [3.8, 4) is 0 Å². The highest BCUT2D eigenvalue weighted by atomic mass is 16.1. The Morgan fingerprint density at radius 1 is 1.50 bits per heavy atom. The number of rotatable bonds is 0. The van der Waals surface area contributed by atoms with Gasteiger partial charge in [-0.05, 0) is 0 Å². The molecule has 0 aliphatic rings. The fourth-order valence-electron chi connectivity index (χ4n) is 0. The summed E-state index contributed by atoms with van der Waals surface area (Å²) in [5, 5.41) is 6.06. The number of guanidine groups is 1. The third-order valence-electron chi connectivity index (χ3n) is 0. The van der Waals surface area contributed by atoms with E-state index >= 15 is 0 Å². The van der Waals surface area contributed by atoms with Crippen LogP contribution in [-0.2, 0) is 4.79 Å². The topological polar surface area (TPSA) is 93.0 Å². The molecule has 0 unspecified atom stereocenters. The summed E-state index contributed by atoms with van der Waals surface area (Å²) >= 11 is 0. The van der Waals surface area contributed by atoms with E-state index in [4.69, 9.17) is 10.2 Å². The minimum absolute atomic E-state index is 0.333. The summed E-state index contributed by atoms with van der Waals surface area (Å²) in [4.78, 5) is 8.00. The molecular weight excluding hydrogens is 82.0 g/mol. The van der Waals surface area contributed by atoms with E-state index in [2.05, 4.69) is 11.5 Å². The van der Waals surface area contributed by atoms with Crippen LogP contribution in [0.5, 0.6) is 0 Å². The first-order valence-corrected chi connectivity index (χ1v) is 1.12. The van der Waals surface area contributed by atoms with E-state index in [1.807, 2.05) is 6.79 Å². The highest BCUT2D eigenvalue weighted by molar-refractivity contribution is 5.71. The molecule has 0 rings (SSSR count). The average molecular weight is 89.1 g/mol. The largest absolute Gasteiger partial charge is 0.370 e. The SMILES string of the molecule is C=O.N=C(N)N. The van der Waals surface area contributed by atoms with Crippen LogP contribution in [0, 0.1) is 5.41 Å². The fraction of sp³-hybridized carbons (Fsp3) is 0. The van der Waals surface area contributed by atoms with Crippen LogP contribution in [0.4, 0.5) is 0 Å². The lowest BCUT2D eigenvalue weighted by Crippen LogP contribution is -2.20. The lowest BCUT2D eigenvalue weighted by Gasteiger charge is -1.69. The quantitative estimate of drug-likeness (QED) is 0.253. The lowest BCUT2D eigenvalue weighted by atomic mass is 11.1. The van der Waals surface area contributed by atoms with Crippen molar-refractivity contribution in [2.45, 2.75) is 0 Å². The third kappa shape index (κ3) is 9.85. The summed E-state index contributed by atoms with van der Waals surface area (Å²) in [5.74, 6) is -0.333. The molecule has 4 nitrogen and oxygen atoms in total. The van der Waals surface area contributed by atoms with Crippen molar-refractivity contribution < 1.29 is 4.79 Å². The Labute approximate surface area is 35.6 Å². The molecule has 0 aliphatic carbocycles. The molecule has 4 heteroatoms. The number of hydrogen-bond acceptors (Lipinski definition) is 2. The summed E-state index contributed by atoms with van der Waals surface area (Å²) < 4.78 is 0. The molecule has 0 aliphatic heterocycles. The molecule has 0 saturated heterocycles. The normalized spacial score (nSPS) is 4.67. The summed E-state index contributed by atoms with van der Waals surface area (Å²) in [6.45, 7) is 2.00. The van der Waals surface area contributed by atoms with Gasteiger partial charge >= 0.3 is 0 Å². The summed E-state index contributed by atoms with van der Waals surface area (Å²) in [6, 6.07) is 0. The molecule has 0 fully saturated rings. The first-order chi connectivity index (χ1) is 2.73. The first-order valence-electron chi connectivity index (χ1n) is 1.12. The Balaban J connectivity index is 0. The van der Waals surface area contributed by atoms with E-state index < -0.39 is 0 Å². The Morgan fingerprint density at radius 2 is 1.50 bits per heavy atom. The van der Waals surface area contributed by atoms with E-state index in [9.17, 15) is 0 Å². The van der Waals surface area contributed by atoms with E-state index in [0.29, 0.717) is 0 Å². The van der Waals surface area contributed by atoms with E-state index in [0.717, 1.165) is 0 Å². The van der Waals surface area contributed by atoms with Gasteiger partial charge in [0.15, 0.2) is 5.96 Å². The van der Waals surface area contributed by atoms with E-state index in [-0.39, 0.29) is 5.96 Å². The van der Waals surface area contributed by atoms with E-state index in [1.54, 1.807) is 0 Å². The molecule has 5 N–H and O–H groups in total. The van der Waals surface area contributed by atoms with Gasteiger partial charge < -0.3 is 16.3 Å². The van der Waals surface area contributed by atoms with Crippen molar-refractivity contribution in [3.63, 3.8) is 0 Å². The van der Waals surface area contributed by atoms with Gasteiger partial charge in [0.05, 0.1) is 0 Å².